The lowest BCUT2D eigenvalue weighted by Crippen LogP contribution is -2.34. The molecular formula is C9H10ClN3O2S. The van der Waals surface area contributed by atoms with E-state index in [1.165, 1.54) is 16.2 Å². The number of nitrogens with zero attached hydrogens (tertiary/aromatic N) is 3. The van der Waals surface area contributed by atoms with Crippen LogP contribution in [0.1, 0.15) is 30.7 Å². The number of aromatic nitrogens is 2. The van der Waals surface area contributed by atoms with E-state index < -0.39 is 0 Å². The van der Waals surface area contributed by atoms with Gasteiger partial charge < -0.3 is 0 Å². The number of halogens is 1. The minimum absolute atomic E-state index is 0.131. The number of amides is 2. The predicted molar refractivity (Wildman–Crippen MR) is 58.9 cm³/mol. The number of rotatable bonds is 2. The Kier molecular flexibility index (Phi) is 3.50. The SMILES string of the molecule is O=C1CCCCC(=O)N1Cc1nnc(Cl)s1. The van der Waals surface area contributed by atoms with Gasteiger partial charge >= 0.3 is 0 Å². The van der Waals surface area contributed by atoms with Crippen LogP contribution in [0.3, 0.4) is 0 Å². The summed E-state index contributed by atoms with van der Waals surface area (Å²) in [6.07, 6.45) is 2.41. The van der Waals surface area contributed by atoms with Crippen molar-refractivity contribution in [2.45, 2.75) is 32.2 Å². The summed E-state index contributed by atoms with van der Waals surface area (Å²) in [4.78, 5) is 24.6. The summed E-state index contributed by atoms with van der Waals surface area (Å²) in [5.74, 6) is -0.261. The fraction of sp³-hybridized carbons (Fsp3) is 0.556. The van der Waals surface area contributed by atoms with E-state index in [1.54, 1.807) is 0 Å². The average molecular weight is 260 g/mol. The molecule has 86 valence electrons. The third-order valence-electron chi connectivity index (χ3n) is 2.37. The highest BCUT2D eigenvalue weighted by Gasteiger charge is 2.25. The number of carbonyl (C=O) groups is 2. The molecule has 1 aliphatic rings. The second-order valence-electron chi connectivity index (χ2n) is 3.53. The fourth-order valence-corrected chi connectivity index (χ4v) is 2.43. The normalized spacial score (nSPS) is 17.7. The van der Waals surface area contributed by atoms with Crippen molar-refractivity contribution in [3.63, 3.8) is 0 Å². The summed E-state index contributed by atoms with van der Waals surface area (Å²) < 4.78 is 0.324. The quantitative estimate of drug-likeness (QED) is 0.757. The van der Waals surface area contributed by atoms with E-state index in [0.717, 1.165) is 12.8 Å². The number of likely N-dealkylation sites (tertiary alicyclic amines) is 1. The minimum atomic E-state index is -0.131. The van der Waals surface area contributed by atoms with Crippen LogP contribution in [0.4, 0.5) is 0 Å². The molecule has 1 aromatic rings. The molecule has 0 saturated carbocycles. The smallest absolute Gasteiger partial charge is 0.229 e. The molecule has 16 heavy (non-hydrogen) atoms. The maximum absolute atomic E-state index is 11.7. The Balaban J connectivity index is 2.11. The minimum Gasteiger partial charge on any atom is -0.276 e. The Bertz CT molecular complexity index is 403. The van der Waals surface area contributed by atoms with Gasteiger partial charge in [0.25, 0.3) is 0 Å². The number of carbonyl (C=O) groups excluding carboxylic acids is 2. The highest BCUT2D eigenvalue weighted by Crippen LogP contribution is 2.19. The molecule has 1 aliphatic heterocycles. The van der Waals surface area contributed by atoms with Crippen LogP contribution in [0.2, 0.25) is 4.47 Å². The van der Waals surface area contributed by atoms with Gasteiger partial charge in [-0.25, -0.2) is 0 Å². The summed E-state index contributed by atoms with van der Waals surface area (Å²) in [6.45, 7) is 0.196. The first-order chi connectivity index (χ1) is 7.66. The zero-order chi connectivity index (χ0) is 11.5. The number of hydrogen-bond acceptors (Lipinski definition) is 5. The highest BCUT2D eigenvalue weighted by atomic mass is 35.5. The molecule has 1 fully saturated rings. The summed E-state index contributed by atoms with van der Waals surface area (Å²) >= 11 is 6.83. The lowest BCUT2D eigenvalue weighted by molar-refractivity contribution is -0.144. The standard InChI is InChI=1S/C9H10ClN3O2S/c10-9-12-11-6(16-9)5-13-7(14)3-1-2-4-8(13)15/h1-5H2. The van der Waals surface area contributed by atoms with Crippen LogP contribution >= 0.6 is 22.9 Å². The summed E-state index contributed by atoms with van der Waals surface area (Å²) in [6, 6.07) is 0. The second kappa shape index (κ2) is 4.88. The summed E-state index contributed by atoms with van der Waals surface area (Å²) in [5, 5.41) is 8.03. The summed E-state index contributed by atoms with van der Waals surface area (Å²) in [7, 11) is 0. The largest absolute Gasteiger partial charge is 0.276 e. The van der Waals surface area contributed by atoms with Gasteiger partial charge in [-0.2, -0.15) is 0 Å². The van der Waals surface area contributed by atoms with Crippen molar-refractivity contribution in [3.8, 4) is 0 Å². The Morgan fingerprint density at radius 3 is 2.31 bits per heavy atom. The first kappa shape index (κ1) is 11.5. The maximum atomic E-state index is 11.7. The van der Waals surface area contributed by atoms with E-state index in [1.807, 2.05) is 0 Å². The topological polar surface area (TPSA) is 63.2 Å². The average Bonchev–Trinajstić information content (AvgIpc) is 2.59. The molecule has 0 radical (unpaired) electrons. The third kappa shape index (κ3) is 2.56. The van der Waals surface area contributed by atoms with Gasteiger partial charge in [0.1, 0.15) is 5.01 Å². The van der Waals surface area contributed by atoms with Gasteiger partial charge in [0.05, 0.1) is 6.54 Å². The first-order valence-corrected chi connectivity index (χ1v) is 6.17. The molecular weight excluding hydrogens is 250 g/mol. The van der Waals surface area contributed by atoms with Crippen molar-refractivity contribution in [1.82, 2.24) is 15.1 Å². The van der Waals surface area contributed by atoms with Gasteiger partial charge in [-0.1, -0.05) is 11.3 Å². The van der Waals surface area contributed by atoms with Crippen molar-refractivity contribution in [2.75, 3.05) is 0 Å². The molecule has 2 heterocycles. The van der Waals surface area contributed by atoms with E-state index in [9.17, 15) is 9.59 Å². The van der Waals surface area contributed by atoms with Crippen molar-refractivity contribution in [1.29, 1.82) is 0 Å². The van der Waals surface area contributed by atoms with Crippen LogP contribution < -0.4 is 0 Å². The fourth-order valence-electron chi connectivity index (χ4n) is 1.57. The Labute approximate surface area is 101 Å². The molecule has 0 bridgehead atoms. The lowest BCUT2D eigenvalue weighted by Gasteiger charge is -2.16. The Hall–Kier alpha value is -1.01. The molecule has 1 saturated heterocycles. The van der Waals surface area contributed by atoms with Gasteiger partial charge in [0.15, 0.2) is 0 Å². The van der Waals surface area contributed by atoms with Crippen LogP contribution in [0.25, 0.3) is 0 Å². The van der Waals surface area contributed by atoms with Crippen LogP contribution in [0, 0.1) is 0 Å². The highest BCUT2D eigenvalue weighted by molar-refractivity contribution is 7.15. The van der Waals surface area contributed by atoms with Crippen molar-refractivity contribution >= 4 is 34.8 Å². The van der Waals surface area contributed by atoms with E-state index in [-0.39, 0.29) is 18.4 Å². The van der Waals surface area contributed by atoms with E-state index in [4.69, 9.17) is 11.6 Å². The van der Waals surface area contributed by atoms with Crippen LogP contribution in [0.5, 0.6) is 0 Å². The maximum Gasteiger partial charge on any atom is 0.229 e. The number of hydrogen-bond donors (Lipinski definition) is 0. The molecule has 5 nitrogen and oxygen atoms in total. The van der Waals surface area contributed by atoms with E-state index in [0.29, 0.717) is 22.3 Å². The molecule has 2 rings (SSSR count). The van der Waals surface area contributed by atoms with Gasteiger partial charge in [-0.15, -0.1) is 10.2 Å². The van der Waals surface area contributed by atoms with E-state index in [2.05, 4.69) is 10.2 Å². The van der Waals surface area contributed by atoms with Gasteiger partial charge in [-0.3, -0.25) is 14.5 Å². The molecule has 0 unspecified atom stereocenters. The van der Waals surface area contributed by atoms with Crippen LogP contribution in [-0.2, 0) is 16.1 Å². The molecule has 2 amide bonds. The number of imide groups is 1. The molecule has 7 heteroatoms. The predicted octanol–water partition coefficient (Wildman–Crippen LogP) is 1.62. The zero-order valence-corrected chi connectivity index (χ0v) is 10.1. The van der Waals surface area contributed by atoms with Crippen LogP contribution in [0.15, 0.2) is 0 Å². The molecule has 0 spiro atoms. The Morgan fingerprint density at radius 2 is 1.81 bits per heavy atom. The lowest BCUT2D eigenvalue weighted by atomic mass is 10.2. The van der Waals surface area contributed by atoms with Gasteiger partial charge in [0.2, 0.25) is 16.3 Å². The summed E-state index contributed by atoms with van der Waals surface area (Å²) in [5.41, 5.74) is 0. The molecule has 0 atom stereocenters. The van der Waals surface area contributed by atoms with Crippen LogP contribution in [-0.4, -0.2) is 26.9 Å². The van der Waals surface area contributed by atoms with Gasteiger partial charge in [0, 0.05) is 12.8 Å². The first-order valence-electron chi connectivity index (χ1n) is 4.98. The molecule has 0 aliphatic carbocycles. The Morgan fingerprint density at radius 1 is 1.19 bits per heavy atom. The van der Waals surface area contributed by atoms with Crippen molar-refractivity contribution in [2.24, 2.45) is 0 Å². The van der Waals surface area contributed by atoms with Gasteiger partial charge in [-0.05, 0) is 24.4 Å². The second-order valence-corrected chi connectivity index (χ2v) is 5.17. The monoisotopic (exact) mass is 259 g/mol. The third-order valence-corrected chi connectivity index (χ3v) is 3.37. The zero-order valence-electron chi connectivity index (χ0n) is 8.48. The van der Waals surface area contributed by atoms with Crippen molar-refractivity contribution in [3.05, 3.63) is 9.47 Å². The molecule has 0 aromatic carbocycles. The molecule has 1 aromatic heterocycles. The van der Waals surface area contributed by atoms with Crippen molar-refractivity contribution < 1.29 is 9.59 Å². The molecule has 0 N–H and O–H groups in total. The van der Waals surface area contributed by atoms with E-state index >= 15 is 0 Å².